The van der Waals surface area contributed by atoms with Gasteiger partial charge < -0.3 is 10.1 Å². The molecule has 2 aliphatic rings. The molecule has 0 unspecified atom stereocenters. The van der Waals surface area contributed by atoms with Gasteiger partial charge in [0.2, 0.25) is 11.8 Å². The lowest BCUT2D eigenvalue weighted by Crippen LogP contribution is -2.30. The maximum absolute atomic E-state index is 12.9. The molecule has 6 nitrogen and oxygen atoms in total. The Hall–Kier alpha value is -4.19. The zero-order valence-electron chi connectivity index (χ0n) is 19.7. The second-order valence-electron chi connectivity index (χ2n) is 9.11. The highest BCUT2D eigenvalue weighted by atomic mass is 16.5. The minimum absolute atomic E-state index is 0.155. The van der Waals surface area contributed by atoms with Crippen molar-refractivity contribution in [1.82, 2.24) is 0 Å². The first-order chi connectivity index (χ1) is 16.9. The van der Waals surface area contributed by atoms with Crippen molar-refractivity contribution in [3.63, 3.8) is 0 Å². The predicted octanol–water partition coefficient (Wildman–Crippen LogP) is 5.89. The van der Waals surface area contributed by atoms with Gasteiger partial charge in [-0.2, -0.15) is 0 Å². The van der Waals surface area contributed by atoms with Gasteiger partial charge in [0.05, 0.1) is 17.5 Å². The molecule has 0 bridgehead atoms. The Kier molecular flexibility index (Phi) is 5.95. The maximum Gasteiger partial charge on any atom is 0.255 e. The second kappa shape index (κ2) is 9.22. The van der Waals surface area contributed by atoms with Gasteiger partial charge in [-0.05, 0) is 86.8 Å². The summed E-state index contributed by atoms with van der Waals surface area (Å²) in [6.07, 6.45) is 3.28. The number of amides is 3. The van der Waals surface area contributed by atoms with Crippen LogP contribution in [0.4, 0.5) is 11.4 Å². The van der Waals surface area contributed by atoms with Crippen molar-refractivity contribution in [2.45, 2.75) is 26.7 Å². The third-order valence-electron chi connectivity index (χ3n) is 6.64. The fraction of sp³-hybridized carbons (Fsp3) is 0.207. The molecule has 0 aromatic heterocycles. The van der Waals surface area contributed by atoms with Gasteiger partial charge >= 0.3 is 0 Å². The van der Waals surface area contributed by atoms with E-state index in [4.69, 9.17) is 4.74 Å². The number of rotatable bonds is 5. The molecular formula is C29H26N2O4. The fourth-order valence-electron chi connectivity index (χ4n) is 4.66. The number of para-hydroxylation sites is 1. The van der Waals surface area contributed by atoms with E-state index in [9.17, 15) is 14.4 Å². The smallest absolute Gasteiger partial charge is 0.255 e. The van der Waals surface area contributed by atoms with Crippen molar-refractivity contribution in [1.29, 1.82) is 0 Å². The van der Waals surface area contributed by atoms with E-state index in [1.54, 1.807) is 48.5 Å². The zero-order chi connectivity index (χ0) is 24.5. The minimum Gasteiger partial charge on any atom is -0.457 e. The zero-order valence-corrected chi connectivity index (χ0v) is 19.7. The van der Waals surface area contributed by atoms with Gasteiger partial charge in [-0.3, -0.25) is 19.3 Å². The number of fused-ring (bicyclic) bond motifs is 1. The molecule has 5 rings (SSSR count). The van der Waals surface area contributed by atoms with Gasteiger partial charge in [-0.25, -0.2) is 0 Å². The summed E-state index contributed by atoms with van der Waals surface area (Å²) in [5.41, 5.74) is 3.75. The first-order valence-corrected chi connectivity index (χ1v) is 11.7. The number of ether oxygens (including phenoxy) is 1. The summed E-state index contributed by atoms with van der Waals surface area (Å²) < 4.78 is 5.90. The van der Waals surface area contributed by atoms with Gasteiger partial charge in [0.15, 0.2) is 0 Å². The molecule has 0 radical (unpaired) electrons. The molecule has 1 aliphatic heterocycles. The number of nitrogens with zero attached hydrogens (tertiary/aromatic N) is 1. The topological polar surface area (TPSA) is 75.7 Å². The number of anilines is 2. The van der Waals surface area contributed by atoms with Crippen LogP contribution < -0.4 is 15.0 Å². The Balaban J connectivity index is 1.24. The number of benzene rings is 3. The molecule has 0 spiro atoms. The van der Waals surface area contributed by atoms with Crippen molar-refractivity contribution in [2.75, 3.05) is 10.2 Å². The first-order valence-electron chi connectivity index (χ1n) is 11.7. The van der Waals surface area contributed by atoms with E-state index in [1.807, 2.05) is 44.2 Å². The summed E-state index contributed by atoms with van der Waals surface area (Å²) in [6.45, 7) is 3.98. The number of hydrogen-bond donors (Lipinski definition) is 1. The van der Waals surface area contributed by atoms with Gasteiger partial charge in [0, 0.05) is 11.3 Å². The summed E-state index contributed by atoms with van der Waals surface area (Å²) >= 11 is 0. The average Bonchev–Trinajstić information content (AvgIpc) is 3.11. The molecule has 0 saturated carbocycles. The van der Waals surface area contributed by atoms with E-state index in [1.165, 1.54) is 4.90 Å². The van der Waals surface area contributed by atoms with Crippen molar-refractivity contribution < 1.29 is 19.1 Å². The highest BCUT2D eigenvalue weighted by Crippen LogP contribution is 2.39. The molecule has 1 fully saturated rings. The monoisotopic (exact) mass is 466 g/mol. The van der Waals surface area contributed by atoms with Crippen LogP contribution in [0.2, 0.25) is 0 Å². The van der Waals surface area contributed by atoms with Crippen molar-refractivity contribution in [2.24, 2.45) is 11.8 Å². The third kappa shape index (κ3) is 4.47. The van der Waals surface area contributed by atoms with E-state index in [2.05, 4.69) is 5.32 Å². The lowest BCUT2D eigenvalue weighted by atomic mass is 9.82. The number of hydrogen-bond acceptors (Lipinski definition) is 4. The normalized spacial score (nSPS) is 19.3. The fourth-order valence-corrected chi connectivity index (χ4v) is 4.66. The van der Waals surface area contributed by atoms with Gasteiger partial charge in [-0.1, -0.05) is 29.8 Å². The van der Waals surface area contributed by atoms with Crippen LogP contribution in [0.15, 0.2) is 84.4 Å². The highest BCUT2D eigenvalue weighted by molar-refractivity contribution is 6.22. The van der Waals surface area contributed by atoms with Crippen molar-refractivity contribution >= 4 is 29.1 Å². The van der Waals surface area contributed by atoms with Gasteiger partial charge in [-0.15, -0.1) is 0 Å². The number of allylic oxidation sites excluding steroid dienone is 2. The lowest BCUT2D eigenvalue weighted by Gasteiger charge is -2.18. The number of imide groups is 1. The summed E-state index contributed by atoms with van der Waals surface area (Å²) in [4.78, 5) is 39.8. The van der Waals surface area contributed by atoms with E-state index in [0.717, 1.165) is 16.9 Å². The maximum atomic E-state index is 12.9. The second-order valence-corrected chi connectivity index (χ2v) is 9.11. The van der Waals surface area contributed by atoms with Crippen LogP contribution in [0.3, 0.4) is 0 Å². The summed E-state index contributed by atoms with van der Waals surface area (Å²) in [7, 11) is 0. The molecular weight excluding hydrogens is 440 g/mol. The van der Waals surface area contributed by atoms with Crippen molar-refractivity contribution in [3.8, 4) is 11.5 Å². The predicted molar refractivity (Wildman–Crippen MR) is 135 cm³/mol. The molecule has 176 valence electrons. The van der Waals surface area contributed by atoms with Gasteiger partial charge in [0.25, 0.3) is 5.91 Å². The molecule has 3 amide bonds. The summed E-state index contributed by atoms with van der Waals surface area (Å²) in [5.74, 6) is 0.293. The molecule has 35 heavy (non-hydrogen) atoms. The summed E-state index contributed by atoms with van der Waals surface area (Å²) in [5, 5.41) is 2.86. The Bertz CT molecular complexity index is 1330. The van der Waals surface area contributed by atoms with Crippen LogP contribution in [0, 0.1) is 18.8 Å². The Morgan fingerprint density at radius 2 is 1.57 bits per heavy atom. The molecule has 3 aromatic carbocycles. The molecule has 3 aromatic rings. The quantitative estimate of drug-likeness (QED) is 0.376. The largest absolute Gasteiger partial charge is 0.457 e. The molecule has 2 atom stereocenters. The SMILES string of the molecule is CC1=CC[C@@H]2C(=O)N(c3ccc(C(=O)Nc4ccc(Oc5ccccc5C)cc4)cc3)C(=O)[C@H]2C1. The van der Waals surface area contributed by atoms with Crippen molar-refractivity contribution in [3.05, 3.63) is 95.6 Å². The van der Waals surface area contributed by atoms with Crippen LogP contribution in [0.5, 0.6) is 11.5 Å². The minimum atomic E-state index is -0.285. The number of carbonyl (C=O) groups excluding carboxylic acids is 3. The average molecular weight is 467 g/mol. The van der Waals surface area contributed by atoms with Crippen LogP contribution in [-0.4, -0.2) is 17.7 Å². The third-order valence-corrected chi connectivity index (χ3v) is 6.64. The molecule has 1 heterocycles. The van der Waals surface area contributed by atoms with Crippen LogP contribution in [0.1, 0.15) is 35.7 Å². The Morgan fingerprint density at radius 3 is 2.29 bits per heavy atom. The van der Waals surface area contributed by atoms with E-state index in [-0.39, 0.29) is 29.6 Å². The van der Waals surface area contributed by atoms with Crippen LogP contribution in [0.25, 0.3) is 0 Å². The van der Waals surface area contributed by atoms with Crippen LogP contribution >= 0.6 is 0 Å². The van der Waals surface area contributed by atoms with E-state index >= 15 is 0 Å². The standard InChI is InChI=1S/C29H26N2O4/c1-18-7-16-24-25(17-18)29(34)31(28(24)33)22-12-8-20(9-13-22)27(32)30-21-10-14-23(15-11-21)35-26-6-4-3-5-19(26)2/h3-15,24-25H,16-17H2,1-2H3,(H,30,32)/t24-,25-/m0/s1. The van der Waals surface area contributed by atoms with Crippen LogP contribution in [-0.2, 0) is 9.59 Å². The Morgan fingerprint density at radius 1 is 0.886 bits per heavy atom. The lowest BCUT2D eigenvalue weighted by molar-refractivity contribution is -0.122. The number of nitrogens with one attached hydrogen (secondary N) is 1. The first kappa shape index (κ1) is 22.6. The Labute approximate surface area is 204 Å². The molecule has 1 aliphatic carbocycles. The van der Waals surface area contributed by atoms with E-state index in [0.29, 0.717) is 35.5 Å². The molecule has 6 heteroatoms. The molecule has 1 saturated heterocycles. The number of aryl methyl sites for hydroxylation is 1. The van der Waals surface area contributed by atoms with Gasteiger partial charge in [0.1, 0.15) is 11.5 Å². The molecule has 1 N–H and O–H groups in total. The highest BCUT2D eigenvalue weighted by Gasteiger charge is 2.48. The summed E-state index contributed by atoms with van der Waals surface area (Å²) in [6, 6.07) is 21.5. The van der Waals surface area contributed by atoms with E-state index < -0.39 is 0 Å². The number of carbonyl (C=O) groups is 3.